The van der Waals surface area contributed by atoms with Crippen LogP contribution in [0.5, 0.6) is 0 Å². The van der Waals surface area contributed by atoms with Gasteiger partial charge >= 0.3 is 5.97 Å². The van der Waals surface area contributed by atoms with Crippen molar-refractivity contribution in [2.45, 2.75) is 64.7 Å². The Balaban J connectivity index is 2.88. The highest BCUT2D eigenvalue weighted by molar-refractivity contribution is 5.70. The van der Waals surface area contributed by atoms with E-state index in [-0.39, 0.29) is 29.6 Å². The van der Waals surface area contributed by atoms with Crippen LogP contribution in [0.25, 0.3) is 0 Å². The Bertz CT molecular complexity index is 257. The molecule has 1 rings (SSSR count). The van der Waals surface area contributed by atoms with Crippen molar-refractivity contribution in [3.63, 3.8) is 0 Å². The van der Waals surface area contributed by atoms with Gasteiger partial charge in [-0.2, -0.15) is 0 Å². The molecule has 0 aromatic rings. The van der Waals surface area contributed by atoms with Crippen LogP contribution in [0.15, 0.2) is 0 Å². The lowest BCUT2D eigenvalue weighted by atomic mass is 9.67. The minimum atomic E-state index is -0.171. The molecule has 0 spiro atoms. The van der Waals surface area contributed by atoms with Gasteiger partial charge in [-0.15, -0.1) is 0 Å². The lowest BCUT2D eigenvalue weighted by Gasteiger charge is -2.45. The number of rotatable bonds is 4. The van der Waals surface area contributed by atoms with Gasteiger partial charge in [0.25, 0.3) is 0 Å². The zero-order chi connectivity index (χ0) is 13.1. The van der Waals surface area contributed by atoms with Gasteiger partial charge in [-0.1, -0.05) is 6.92 Å². The summed E-state index contributed by atoms with van der Waals surface area (Å²) in [6.07, 6.45) is 3.25. The van der Waals surface area contributed by atoms with Crippen molar-refractivity contribution in [1.29, 1.82) is 0 Å². The molecule has 1 aliphatic rings. The molecule has 1 aliphatic heterocycles. The molecule has 100 valence electrons. The van der Waals surface area contributed by atoms with Crippen molar-refractivity contribution in [2.75, 3.05) is 7.11 Å². The van der Waals surface area contributed by atoms with Crippen LogP contribution >= 0.6 is 0 Å². The predicted molar refractivity (Wildman–Crippen MR) is 66.6 cm³/mol. The smallest absolute Gasteiger partial charge is 0.306 e. The summed E-state index contributed by atoms with van der Waals surface area (Å²) in [5, 5.41) is 0. The van der Waals surface area contributed by atoms with Gasteiger partial charge in [0.05, 0.1) is 25.7 Å². The van der Waals surface area contributed by atoms with Crippen LogP contribution in [-0.4, -0.2) is 31.3 Å². The summed E-state index contributed by atoms with van der Waals surface area (Å²) < 4.78 is 10.6. The van der Waals surface area contributed by atoms with Crippen LogP contribution in [-0.2, 0) is 14.3 Å². The van der Waals surface area contributed by atoms with Gasteiger partial charge in [-0.3, -0.25) is 4.79 Å². The predicted octanol–water partition coefficient (Wildman–Crippen LogP) is 1.86. The number of carbonyl (C=O) groups is 1. The van der Waals surface area contributed by atoms with Crippen molar-refractivity contribution in [3.05, 3.63) is 0 Å². The van der Waals surface area contributed by atoms with Gasteiger partial charge in [0.15, 0.2) is 0 Å². The van der Waals surface area contributed by atoms with E-state index in [1.807, 2.05) is 13.8 Å². The molecule has 0 radical (unpaired) electrons. The monoisotopic (exact) mass is 243 g/mol. The molecule has 4 nitrogen and oxygen atoms in total. The minimum absolute atomic E-state index is 0.0235. The number of hydrogen-bond donors (Lipinski definition) is 1. The third-order valence-corrected chi connectivity index (χ3v) is 3.80. The average Bonchev–Trinajstić information content (AvgIpc) is 2.26. The van der Waals surface area contributed by atoms with Gasteiger partial charge in [0.1, 0.15) is 0 Å². The molecule has 1 heterocycles. The van der Waals surface area contributed by atoms with Gasteiger partial charge in [0.2, 0.25) is 0 Å². The van der Waals surface area contributed by atoms with Crippen LogP contribution in [0.2, 0.25) is 0 Å². The fourth-order valence-electron chi connectivity index (χ4n) is 3.09. The topological polar surface area (TPSA) is 61.6 Å². The van der Waals surface area contributed by atoms with Crippen LogP contribution in [0.1, 0.15) is 46.5 Å². The van der Waals surface area contributed by atoms with Gasteiger partial charge in [0, 0.05) is 11.5 Å². The van der Waals surface area contributed by atoms with Crippen LogP contribution < -0.4 is 5.73 Å². The number of ether oxygens (including phenoxy) is 2. The van der Waals surface area contributed by atoms with E-state index in [0.717, 1.165) is 19.3 Å². The van der Waals surface area contributed by atoms with Crippen molar-refractivity contribution >= 4 is 5.97 Å². The van der Waals surface area contributed by atoms with Crippen molar-refractivity contribution in [1.82, 2.24) is 0 Å². The van der Waals surface area contributed by atoms with E-state index >= 15 is 0 Å². The molecule has 0 aliphatic carbocycles. The fourth-order valence-corrected chi connectivity index (χ4v) is 3.09. The molecule has 2 N–H and O–H groups in total. The Labute approximate surface area is 104 Å². The molecule has 1 saturated heterocycles. The maximum absolute atomic E-state index is 11.6. The lowest BCUT2D eigenvalue weighted by Crippen LogP contribution is -2.50. The zero-order valence-corrected chi connectivity index (χ0v) is 11.4. The summed E-state index contributed by atoms with van der Waals surface area (Å²) in [7, 11) is 1.43. The normalized spacial score (nSPS) is 35.4. The van der Waals surface area contributed by atoms with Crippen LogP contribution in [0.4, 0.5) is 0 Å². The summed E-state index contributed by atoms with van der Waals surface area (Å²) in [5.41, 5.74) is 6.08. The third-order valence-electron chi connectivity index (χ3n) is 3.80. The molecule has 3 atom stereocenters. The highest BCUT2D eigenvalue weighted by Gasteiger charge is 2.44. The Morgan fingerprint density at radius 2 is 2.00 bits per heavy atom. The maximum atomic E-state index is 11.6. The van der Waals surface area contributed by atoms with Gasteiger partial charge in [-0.05, 0) is 33.1 Å². The molecule has 0 aromatic carbocycles. The quantitative estimate of drug-likeness (QED) is 0.766. The molecular weight excluding hydrogens is 218 g/mol. The Kier molecular flexibility index (Phi) is 4.95. The number of nitrogens with two attached hydrogens (primary N) is 1. The molecule has 0 aromatic heterocycles. The highest BCUT2D eigenvalue weighted by Crippen LogP contribution is 2.42. The van der Waals surface area contributed by atoms with Crippen LogP contribution in [0, 0.1) is 5.41 Å². The maximum Gasteiger partial charge on any atom is 0.306 e. The van der Waals surface area contributed by atoms with Gasteiger partial charge in [-0.25, -0.2) is 0 Å². The number of esters is 1. The first kappa shape index (κ1) is 14.5. The Hall–Kier alpha value is -0.610. The molecule has 17 heavy (non-hydrogen) atoms. The summed E-state index contributed by atoms with van der Waals surface area (Å²) in [5.74, 6) is -0.171. The average molecular weight is 243 g/mol. The number of carbonyl (C=O) groups excluding carboxylic acids is 1. The summed E-state index contributed by atoms with van der Waals surface area (Å²) in [6.45, 7) is 6.16. The van der Waals surface area contributed by atoms with Crippen molar-refractivity contribution in [2.24, 2.45) is 11.1 Å². The Morgan fingerprint density at radius 3 is 2.41 bits per heavy atom. The van der Waals surface area contributed by atoms with Gasteiger partial charge < -0.3 is 15.2 Å². The first-order valence-electron chi connectivity index (χ1n) is 6.41. The van der Waals surface area contributed by atoms with Crippen molar-refractivity contribution in [3.8, 4) is 0 Å². The van der Waals surface area contributed by atoms with E-state index in [2.05, 4.69) is 6.92 Å². The van der Waals surface area contributed by atoms with E-state index in [0.29, 0.717) is 6.42 Å². The Morgan fingerprint density at radius 1 is 1.47 bits per heavy atom. The summed E-state index contributed by atoms with van der Waals surface area (Å²) in [6, 6.07) is 0.0235. The van der Waals surface area contributed by atoms with E-state index in [4.69, 9.17) is 15.2 Å². The van der Waals surface area contributed by atoms with E-state index < -0.39 is 0 Å². The van der Waals surface area contributed by atoms with Crippen molar-refractivity contribution < 1.29 is 14.3 Å². The molecule has 4 heteroatoms. The van der Waals surface area contributed by atoms with Crippen LogP contribution in [0.3, 0.4) is 0 Å². The summed E-state index contributed by atoms with van der Waals surface area (Å²) >= 11 is 0. The standard InChI is InChI=1S/C13H25NO3/c1-5-11(14)13(8-12(15)16-4)6-9(2)17-10(3)7-13/h9-11H,5-8,14H2,1-4H3. The third kappa shape index (κ3) is 3.42. The SMILES string of the molecule is CCC(N)C1(CC(=O)OC)CC(C)OC(C)C1. The molecule has 3 unspecified atom stereocenters. The number of hydrogen-bond acceptors (Lipinski definition) is 4. The second-order valence-electron chi connectivity index (χ2n) is 5.30. The largest absolute Gasteiger partial charge is 0.469 e. The first-order valence-corrected chi connectivity index (χ1v) is 6.41. The molecule has 0 amide bonds. The lowest BCUT2D eigenvalue weighted by molar-refractivity contribution is -0.150. The van der Waals surface area contributed by atoms with E-state index in [1.54, 1.807) is 0 Å². The second kappa shape index (κ2) is 5.83. The fraction of sp³-hybridized carbons (Fsp3) is 0.923. The first-order chi connectivity index (χ1) is 7.93. The second-order valence-corrected chi connectivity index (χ2v) is 5.30. The van der Waals surface area contributed by atoms with E-state index in [1.165, 1.54) is 7.11 Å². The molecule has 0 bridgehead atoms. The number of methoxy groups -OCH3 is 1. The highest BCUT2D eigenvalue weighted by atomic mass is 16.5. The molecule has 1 fully saturated rings. The molecular formula is C13H25NO3. The van der Waals surface area contributed by atoms with E-state index in [9.17, 15) is 4.79 Å². The minimum Gasteiger partial charge on any atom is -0.469 e. The summed E-state index contributed by atoms with van der Waals surface area (Å²) in [4.78, 5) is 11.6. The zero-order valence-electron chi connectivity index (χ0n) is 11.4. The molecule has 0 saturated carbocycles.